The third-order valence-electron chi connectivity index (χ3n) is 2.22. The quantitative estimate of drug-likeness (QED) is 0.660. The summed E-state index contributed by atoms with van der Waals surface area (Å²) >= 11 is 5.79. The fraction of sp³-hybridized carbons (Fsp3) is 0.333. The predicted octanol–water partition coefficient (Wildman–Crippen LogP) is 2.46. The van der Waals surface area contributed by atoms with Gasteiger partial charge in [0.1, 0.15) is 5.82 Å². The fourth-order valence-electron chi connectivity index (χ4n) is 1.62. The SMILES string of the molecule is O[C@H]1CCc2c(Cl)cc(F)cc21. The van der Waals surface area contributed by atoms with Crippen molar-refractivity contribution in [1.29, 1.82) is 0 Å². The van der Waals surface area contributed by atoms with Crippen LogP contribution in [0.2, 0.25) is 5.02 Å². The van der Waals surface area contributed by atoms with Crippen molar-refractivity contribution in [3.8, 4) is 0 Å². The first kappa shape index (κ1) is 8.02. The number of aliphatic hydroxyl groups is 1. The molecule has 1 aromatic rings. The molecule has 0 amide bonds. The van der Waals surface area contributed by atoms with E-state index in [1.807, 2.05) is 0 Å². The molecule has 1 nitrogen and oxygen atoms in total. The second kappa shape index (κ2) is 2.71. The van der Waals surface area contributed by atoms with Gasteiger partial charge in [-0.05, 0) is 36.1 Å². The predicted molar refractivity (Wildman–Crippen MR) is 44.7 cm³/mol. The summed E-state index contributed by atoms with van der Waals surface area (Å²) in [6.07, 6.45) is 0.863. The Labute approximate surface area is 74.8 Å². The number of fused-ring (bicyclic) bond motifs is 1. The van der Waals surface area contributed by atoms with Crippen LogP contribution in [0.15, 0.2) is 12.1 Å². The van der Waals surface area contributed by atoms with Crippen molar-refractivity contribution < 1.29 is 9.50 Å². The van der Waals surface area contributed by atoms with E-state index in [1.54, 1.807) is 0 Å². The van der Waals surface area contributed by atoms with Gasteiger partial charge in [-0.15, -0.1) is 0 Å². The van der Waals surface area contributed by atoms with Gasteiger partial charge in [-0.1, -0.05) is 11.6 Å². The summed E-state index contributed by atoms with van der Waals surface area (Å²) in [6, 6.07) is 2.65. The van der Waals surface area contributed by atoms with Crippen molar-refractivity contribution in [3.63, 3.8) is 0 Å². The Balaban J connectivity index is 2.60. The molecule has 0 unspecified atom stereocenters. The second-order valence-corrected chi connectivity index (χ2v) is 3.42. The van der Waals surface area contributed by atoms with E-state index in [-0.39, 0.29) is 5.82 Å². The molecule has 1 aromatic carbocycles. The summed E-state index contributed by atoms with van der Waals surface area (Å²) in [6.45, 7) is 0. The number of rotatable bonds is 0. The van der Waals surface area contributed by atoms with Crippen LogP contribution in [-0.2, 0) is 6.42 Å². The van der Waals surface area contributed by atoms with Crippen LogP contribution in [-0.4, -0.2) is 5.11 Å². The Hall–Kier alpha value is -0.600. The second-order valence-electron chi connectivity index (χ2n) is 3.01. The Kier molecular flexibility index (Phi) is 1.81. The van der Waals surface area contributed by atoms with Crippen LogP contribution in [0.5, 0.6) is 0 Å². The zero-order valence-electron chi connectivity index (χ0n) is 6.35. The molecule has 0 aromatic heterocycles. The summed E-state index contributed by atoms with van der Waals surface area (Å²) in [5.41, 5.74) is 1.55. The van der Waals surface area contributed by atoms with Crippen LogP contribution >= 0.6 is 11.6 Å². The van der Waals surface area contributed by atoms with Gasteiger partial charge in [-0.3, -0.25) is 0 Å². The molecule has 3 heteroatoms. The van der Waals surface area contributed by atoms with Gasteiger partial charge in [0.15, 0.2) is 0 Å². The molecule has 0 heterocycles. The highest BCUT2D eigenvalue weighted by Crippen LogP contribution is 2.35. The Morgan fingerprint density at radius 2 is 2.25 bits per heavy atom. The monoisotopic (exact) mass is 186 g/mol. The molecule has 1 N–H and O–H groups in total. The highest BCUT2D eigenvalue weighted by molar-refractivity contribution is 6.31. The lowest BCUT2D eigenvalue weighted by molar-refractivity contribution is 0.179. The molecule has 1 aliphatic rings. The molecule has 2 rings (SSSR count). The van der Waals surface area contributed by atoms with E-state index in [2.05, 4.69) is 0 Å². The van der Waals surface area contributed by atoms with Gasteiger partial charge in [0.05, 0.1) is 6.10 Å². The molecule has 1 atom stereocenters. The zero-order chi connectivity index (χ0) is 8.72. The van der Waals surface area contributed by atoms with E-state index in [0.717, 1.165) is 12.0 Å². The summed E-state index contributed by atoms with van der Waals surface area (Å²) in [7, 11) is 0. The number of benzene rings is 1. The third kappa shape index (κ3) is 1.11. The first-order valence-corrected chi connectivity index (χ1v) is 4.22. The van der Waals surface area contributed by atoms with Gasteiger partial charge in [0, 0.05) is 5.02 Å². The zero-order valence-corrected chi connectivity index (χ0v) is 7.11. The van der Waals surface area contributed by atoms with Crippen molar-refractivity contribution in [1.82, 2.24) is 0 Å². The molecule has 0 bridgehead atoms. The van der Waals surface area contributed by atoms with Crippen molar-refractivity contribution >= 4 is 11.6 Å². The first-order chi connectivity index (χ1) is 5.68. The molecule has 64 valence electrons. The van der Waals surface area contributed by atoms with Gasteiger partial charge in [0.2, 0.25) is 0 Å². The number of halogens is 2. The van der Waals surface area contributed by atoms with E-state index < -0.39 is 6.10 Å². The average Bonchev–Trinajstić information content (AvgIpc) is 2.33. The molecular weight excluding hydrogens is 179 g/mol. The van der Waals surface area contributed by atoms with Gasteiger partial charge >= 0.3 is 0 Å². The van der Waals surface area contributed by atoms with Crippen LogP contribution in [0.25, 0.3) is 0 Å². The van der Waals surface area contributed by atoms with Gasteiger partial charge in [-0.2, -0.15) is 0 Å². The molecule has 0 aliphatic heterocycles. The van der Waals surface area contributed by atoms with Crippen LogP contribution < -0.4 is 0 Å². The summed E-state index contributed by atoms with van der Waals surface area (Å²) in [5.74, 6) is -0.375. The maximum Gasteiger partial charge on any atom is 0.125 e. The van der Waals surface area contributed by atoms with Crippen molar-refractivity contribution in [3.05, 3.63) is 34.1 Å². The topological polar surface area (TPSA) is 20.2 Å². The number of aliphatic hydroxyl groups excluding tert-OH is 1. The molecule has 12 heavy (non-hydrogen) atoms. The summed E-state index contributed by atoms with van der Waals surface area (Å²) in [4.78, 5) is 0. The summed E-state index contributed by atoms with van der Waals surface area (Å²) in [5, 5.41) is 9.84. The van der Waals surface area contributed by atoms with E-state index in [9.17, 15) is 9.50 Å². The average molecular weight is 187 g/mol. The molecule has 0 fully saturated rings. The van der Waals surface area contributed by atoms with E-state index in [1.165, 1.54) is 12.1 Å². The molecule has 0 radical (unpaired) electrons. The van der Waals surface area contributed by atoms with Crippen molar-refractivity contribution in [2.45, 2.75) is 18.9 Å². The van der Waals surface area contributed by atoms with Crippen LogP contribution in [0.1, 0.15) is 23.7 Å². The standard InChI is InChI=1S/C9H8ClFO/c10-8-4-5(11)3-7-6(8)1-2-9(7)12/h3-4,9,12H,1-2H2/t9-/m0/s1. The van der Waals surface area contributed by atoms with Crippen molar-refractivity contribution in [2.75, 3.05) is 0 Å². The molecule has 1 aliphatic carbocycles. The minimum Gasteiger partial charge on any atom is -0.388 e. The van der Waals surface area contributed by atoms with E-state index in [4.69, 9.17) is 11.6 Å². The Morgan fingerprint density at radius 1 is 1.50 bits per heavy atom. The third-order valence-corrected chi connectivity index (χ3v) is 2.56. The first-order valence-electron chi connectivity index (χ1n) is 3.84. The minimum atomic E-state index is -0.534. The molecule has 0 saturated carbocycles. The highest BCUT2D eigenvalue weighted by Gasteiger charge is 2.23. The van der Waals surface area contributed by atoms with Gasteiger partial charge in [0.25, 0.3) is 0 Å². The Morgan fingerprint density at radius 3 is 3.00 bits per heavy atom. The van der Waals surface area contributed by atoms with Crippen LogP contribution in [0.4, 0.5) is 4.39 Å². The number of hydrogen-bond donors (Lipinski definition) is 1. The largest absolute Gasteiger partial charge is 0.388 e. The van der Waals surface area contributed by atoms with Gasteiger partial charge < -0.3 is 5.11 Å². The molecule has 0 saturated heterocycles. The van der Waals surface area contributed by atoms with E-state index >= 15 is 0 Å². The lowest BCUT2D eigenvalue weighted by Gasteiger charge is -2.04. The normalized spacial score (nSPS) is 21.1. The fourth-order valence-corrected chi connectivity index (χ4v) is 1.93. The minimum absolute atomic E-state index is 0.375. The van der Waals surface area contributed by atoms with Crippen LogP contribution in [0.3, 0.4) is 0 Å². The molecular formula is C9H8ClFO. The Bertz CT molecular complexity index is 325. The number of hydrogen-bond acceptors (Lipinski definition) is 1. The lowest BCUT2D eigenvalue weighted by atomic mass is 10.1. The van der Waals surface area contributed by atoms with Crippen LogP contribution in [0, 0.1) is 5.82 Å². The van der Waals surface area contributed by atoms with Crippen molar-refractivity contribution in [2.24, 2.45) is 0 Å². The lowest BCUT2D eigenvalue weighted by Crippen LogP contribution is -1.91. The molecule has 0 spiro atoms. The summed E-state index contributed by atoms with van der Waals surface area (Å²) < 4.78 is 12.8. The van der Waals surface area contributed by atoms with Gasteiger partial charge in [-0.25, -0.2) is 4.39 Å². The van der Waals surface area contributed by atoms with E-state index in [0.29, 0.717) is 17.0 Å². The highest BCUT2D eigenvalue weighted by atomic mass is 35.5. The maximum atomic E-state index is 12.8. The maximum absolute atomic E-state index is 12.8. The smallest absolute Gasteiger partial charge is 0.125 e.